The van der Waals surface area contributed by atoms with Gasteiger partial charge in [-0.05, 0) is 25.0 Å². The Labute approximate surface area is 165 Å². The molecule has 0 aliphatic carbocycles. The maximum absolute atomic E-state index is 10.1. The molecule has 1 aliphatic rings. The fourth-order valence-electron chi connectivity index (χ4n) is 3.24. The van der Waals surface area contributed by atoms with Crippen molar-refractivity contribution in [3.05, 3.63) is 41.7 Å². The van der Waals surface area contributed by atoms with Gasteiger partial charge in [-0.25, -0.2) is 0 Å². The molecule has 1 aromatic carbocycles. The molecule has 8 heteroatoms. The molecule has 2 aromatic rings. The summed E-state index contributed by atoms with van der Waals surface area (Å²) in [4.78, 5) is 6.98. The van der Waals surface area contributed by atoms with Crippen LogP contribution in [0.1, 0.15) is 24.2 Å². The second-order valence-electron chi connectivity index (χ2n) is 6.73. The van der Waals surface area contributed by atoms with Crippen molar-refractivity contribution in [3.63, 3.8) is 0 Å². The van der Waals surface area contributed by atoms with E-state index >= 15 is 0 Å². The van der Waals surface area contributed by atoms with Gasteiger partial charge in [0.15, 0.2) is 5.96 Å². The molecule has 0 amide bonds. The fraction of sp³-hybridized carbons (Fsp3) is 0.500. The van der Waals surface area contributed by atoms with Gasteiger partial charge >= 0.3 is 0 Å². The topological polar surface area (TPSA) is 84.1 Å². The second-order valence-corrected chi connectivity index (χ2v) is 6.73. The number of phenols is 1. The molecular formula is C20H29N5O3. The third-order valence-corrected chi connectivity index (χ3v) is 4.73. The minimum absolute atomic E-state index is 0.0167. The highest BCUT2D eigenvalue weighted by Gasteiger charge is 2.25. The number of phenolic OH excluding ortho intramolecular Hbond substituents is 1. The molecule has 0 saturated carbocycles. The van der Waals surface area contributed by atoms with Crippen LogP contribution in [0.3, 0.4) is 0 Å². The number of hydrogen-bond donors (Lipinski definition) is 2. The van der Waals surface area contributed by atoms with Crippen molar-refractivity contribution >= 4 is 5.96 Å². The lowest BCUT2D eigenvalue weighted by molar-refractivity contribution is -0.00803. The van der Waals surface area contributed by atoms with Gasteiger partial charge in [0, 0.05) is 44.5 Å². The van der Waals surface area contributed by atoms with Crippen LogP contribution < -0.4 is 10.1 Å². The van der Waals surface area contributed by atoms with Crippen molar-refractivity contribution in [2.45, 2.75) is 19.4 Å². The van der Waals surface area contributed by atoms with Gasteiger partial charge in [0.2, 0.25) is 0 Å². The van der Waals surface area contributed by atoms with E-state index in [4.69, 9.17) is 14.5 Å². The first-order valence-electron chi connectivity index (χ1n) is 9.60. The number of nitrogens with one attached hydrogen (secondary N) is 1. The normalized spacial score (nSPS) is 17.6. The molecule has 0 radical (unpaired) electrons. The number of aromatic hydroxyl groups is 1. The highest BCUT2D eigenvalue weighted by atomic mass is 16.5. The first-order chi connectivity index (χ1) is 13.6. The van der Waals surface area contributed by atoms with Crippen molar-refractivity contribution < 1.29 is 14.6 Å². The molecule has 8 nitrogen and oxygen atoms in total. The molecule has 0 bridgehead atoms. The minimum atomic E-state index is -0.0167. The van der Waals surface area contributed by atoms with Gasteiger partial charge in [0.05, 0.1) is 26.5 Å². The average molecular weight is 387 g/mol. The number of ether oxygens (including phenoxy) is 2. The van der Waals surface area contributed by atoms with E-state index in [2.05, 4.69) is 22.2 Å². The minimum Gasteiger partial charge on any atom is -0.508 e. The van der Waals surface area contributed by atoms with Gasteiger partial charge in [-0.2, -0.15) is 5.10 Å². The molecule has 1 fully saturated rings. The molecule has 1 aliphatic heterocycles. The number of benzene rings is 1. The lowest BCUT2D eigenvalue weighted by Gasteiger charge is -2.34. The summed E-state index contributed by atoms with van der Waals surface area (Å²) in [6, 6.07) is 5.36. The van der Waals surface area contributed by atoms with E-state index in [0.717, 1.165) is 36.7 Å². The standard InChI is InChI=1S/C20H29N5O3/c1-4-21-20(22-8-7-15-5-6-17(27-3)11-18(15)26)25-9-10-28-19(14-25)16-12-23-24(2)13-16/h5-6,11-13,19,26H,4,7-10,14H2,1-3H3,(H,21,22). The van der Waals surface area contributed by atoms with Gasteiger partial charge in [0.25, 0.3) is 0 Å². The second kappa shape index (κ2) is 9.45. The molecule has 1 unspecified atom stereocenters. The Hall–Kier alpha value is -2.74. The van der Waals surface area contributed by atoms with Crippen LogP contribution in [0.25, 0.3) is 0 Å². The monoisotopic (exact) mass is 387 g/mol. The summed E-state index contributed by atoms with van der Waals surface area (Å²) in [5.41, 5.74) is 1.93. The number of rotatable bonds is 6. The van der Waals surface area contributed by atoms with E-state index < -0.39 is 0 Å². The van der Waals surface area contributed by atoms with Gasteiger partial charge in [-0.3, -0.25) is 9.67 Å². The van der Waals surface area contributed by atoms with Gasteiger partial charge in [-0.1, -0.05) is 6.07 Å². The molecular weight excluding hydrogens is 358 g/mol. The molecule has 2 heterocycles. The van der Waals surface area contributed by atoms with Crippen LogP contribution in [0.5, 0.6) is 11.5 Å². The fourth-order valence-corrected chi connectivity index (χ4v) is 3.24. The highest BCUT2D eigenvalue weighted by Crippen LogP contribution is 2.24. The van der Waals surface area contributed by atoms with Crippen molar-refractivity contribution in [2.75, 3.05) is 39.9 Å². The predicted octanol–water partition coefficient (Wildman–Crippen LogP) is 1.72. The van der Waals surface area contributed by atoms with Crippen molar-refractivity contribution in [1.82, 2.24) is 20.0 Å². The predicted molar refractivity (Wildman–Crippen MR) is 108 cm³/mol. The molecule has 0 spiro atoms. The number of nitrogens with zero attached hydrogens (tertiary/aromatic N) is 4. The van der Waals surface area contributed by atoms with Crippen LogP contribution in [-0.2, 0) is 18.2 Å². The van der Waals surface area contributed by atoms with Gasteiger partial charge in [-0.15, -0.1) is 0 Å². The third-order valence-electron chi connectivity index (χ3n) is 4.73. The third kappa shape index (κ3) is 4.95. The molecule has 28 heavy (non-hydrogen) atoms. The maximum atomic E-state index is 10.1. The average Bonchev–Trinajstić information content (AvgIpc) is 3.15. The molecule has 1 atom stereocenters. The van der Waals surface area contributed by atoms with Crippen LogP contribution in [0, 0.1) is 0 Å². The van der Waals surface area contributed by atoms with Crippen molar-refractivity contribution in [3.8, 4) is 11.5 Å². The quantitative estimate of drug-likeness (QED) is 0.580. The maximum Gasteiger partial charge on any atom is 0.194 e. The first-order valence-corrected chi connectivity index (χ1v) is 9.60. The Kier molecular flexibility index (Phi) is 6.76. The number of aromatic nitrogens is 2. The highest BCUT2D eigenvalue weighted by molar-refractivity contribution is 5.80. The Morgan fingerprint density at radius 3 is 3.00 bits per heavy atom. The molecule has 3 rings (SSSR count). The van der Waals surface area contributed by atoms with Crippen LogP contribution in [0.15, 0.2) is 35.6 Å². The van der Waals surface area contributed by atoms with Crippen LogP contribution in [0.2, 0.25) is 0 Å². The number of guanidine groups is 1. The number of methoxy groups -OCH3 is 1. The molecule has 1 aromatic heterocycles. The SMILES string of the molecule is CCNC(=NCCc1ccc(OC)cc1O)N1CCOC(c2cnn(C)c2)C1. The lowest BCUT2D eigenvalue weighted by Crippen LogP contribution is -2.48. The zero-order chi connectivity index (χ0) is 19.9. The van der Waals surface area contributed by atoms with E-state index in [1.807, 2.05) is 31.6 Å². The van der Waals surface area contributed by atoms with Crippen LogP contribution >= 0.6 is 0 Å². The smallest absolute Gasteiger partial charge is 0.194 e. The largest absolute Gasteiger partial charge is 0.508 e. The van der Waals surface area contributed by atoms with Crippen molar-refractivity contribution in [1.29, 1.82) is 0 Å². The van der Waals surface area contributed by atoms with Gasteiger partial charge in [0.1, 0.15) is 17.6 Å². The summed E-state index contributed by atoms with van der Waals surface area (Å²) < 4.78 is 12.8. The number of aliphatic imine (C=N–C) groups is 1. The van der Waals surface area contributed by atoms with E-state index in [0.29, 0.717) is 25.3 Å². The Balaban J connectivity index is 1.64. The zero-order valence-corrected chi connectivity index (χ0v) is 16.8. The van der Waals surface area contributed by atoms with E-state index in [-0.39, 0.29) is 11.9 Å². The van der Waals surface area contributed by atoms with Gasteiger partial charge < -0.3 is 24.8 Å². The zero-order valence-electron chi connectivity index (χ0n) is 16.8. The van der Waals surface area contributed by atoms with Crippen molar-refractivity contribution in [2.24, 2.45) is 12.0 Å². The summed E-state index contributed by atoms with van der Waals surface area (Å²) >= 11 is 0. The number of aryl methyl sites for hydroxylation is 1. The summed E-state index contributed by atoms with van der Waals surface area (Å²) in [6.45, 7) is 5.59. The number of morpholine rings is 1. The first kappa shape index (κ1) is 20.0. The molecule has 2 N–H and O–H groups in total. The summed E-state index contributed by atoms with van der Waals surface area (Å²) in [7, 11) is 3.49. The summed E-state index contributed by atoms with van der Waals surface area (Å²) in [5.74, 6) is 1.75. The number of hydrogen-bond acceptors (Lipinski definition) is 5. The Morgan fingerprint density at radius 1 is 1.46 bits per heavy atom. The van der Waals surface area contributed by atoms with E-state index in [1.54, 1.807) is 17.9 Å². The van der Waals surface area contributed by atoms with E-state index in [9.17, 15) is 5.11 Å². The molecule has 1 saturated heterocycles. The van der Waals surface area contributed by atoms with Crippen LogP contribution in [-0.4, -0.2) is 65.6 Å². The summed E-state index contributed by atoms with van der Waals surface area (Å²) in [6.07, 6.45) is 4.48. The Morgan fingerprint density at radius 2 is 2.32 bits per heavy atom. The summed E-state index contributed by atoms with van der Waals surface area (Å²) in [5, 5.41) is 17.7. The molecule has 152 valence electrons. The van der Waals surface area contributed by atoms with Crippen LogP contribution in [0.4, 0.5) is 0 Å². The van der Waals surface area contributed by atoms with E-state index in [1.165, 1.54) is 0 Å². The lowest BCUT2D eigenvalue weighted by atomic mass is 10.1. The Bertz CT molecular complexity index is 805.